The molecule has 0 aromatic carbocycles. The number of rotatable bonds is 10. The van der Waals surface area contributed by atoms with Crippen LogP contribution in [0.15, 0.2) is 35.5 Å². The fraction of sp³-hybridized carbons (Fsp3) is 0.630. The highest BCUT2D eigenvalue weighted by atomic mass is 16.6. The van der Waals surface area contributed by atoms with Crippen molar-refractivity contribution in [1.29, 1.82) is 0 Å². The Morgan fingerprint density at radius 2 is 1.86 bits per heavy atom. The lowest BCUT2D eigenvalue weighted by atomic mass is 9.64. The predicted octanol–water partition coefficient (Wildman–Crippen LogP) is 3.52. The van der Waals surface area contributed by atoms with Crippen LogP contribution in [0.3, 0.4) is 0 Å². The average molecular weight is 507 g/mol. The highest BCUT2D eigenvalue weighted by Gasteiger charge is 2.46. The maximum Gasteiger partial charge on any atom is 0.407 e. The summed E-state index contributed by atoms with van der Waals surface area (Å²) in [6, 6.07) is -0.838. The Kier molecular flexibility index (Phi) is 11.1. The maximum absolute atomic E-state index is 12.5. The SMILES string of the molecule is COC(=O)[C@H](CCCCNC(=O)OC(C)(C)C)NC(=O)/C=C(C)\C=C\[C@@]1(O)C(C)=CC(=O)CC1(C)C. The van der Waals surface area contributed by atoms with Gasteiger partial charge in [0.2, 0.25) is 5.91 Å². The quantitative estimate of drug-likeness (QED) is 0.179. The Hall–Kier alpha value is -2.94. The number of aliphatic hydroxyl groups is 1. The first-order valence-corrected chi connectivity index (χ1v) is 12.2. The lowest BCUT2D eigenvalue weighted by Crippen LogP contribution is -2.48. The molecule has 2 atom stereocenters. The van der Waals surface area contributed by atoms with E-state index < -0.39 is 40.6 Å². The molecule has 0 aliphatic heterocycles. The molecule has 0 aromatic rings. The highest BCUT2D eigenvalue weighted by Crippen LogP contribution is 2.44. The zero-order valence-electron chi connectivity index (χ0n) is 22.8. The molecule has 0 spiro atoms. The number of hydrogen-bond acceptors (Lipinski definition) is 7. The largest absolute Gasteiger partial charge is 0.467 e. The Balaban J connectivity index is 2.71. The van der Waals surface area contributed by atoms with Crippen LogP contribution < -0.4 is 10.6 Å². The maximum atomic E-state index is 12.5. The molecule has 36 heavy (non-hydrogen) atoms. The van der Waals surface area contributed by atoms with Crippen LogP contribution in [0.1, 0.15) is 74.1 Å². The van der Waals surface area contributed by atoms with Gasteiger partial charge in [0.15, 0.2) is 5.78 Å². The number of carbonyl (C=O) groups is 4. The van der Waals surface area contributed by atoms with E-state index in [0.717, 1.165) is 0 Å². The molecule has 0 unspecified atom stereocenters. The Morgan fingerprint density at radius 1 is 1.22 bits per heavy atom. The number of methoxy groups -OCH3 is 1. The third-order valence-corrected chi connectivity index (χ3v) is 5.96. The molecule has 0 aromatic heterocycles. The summed E-state index contributed by atoms with van der Waals surface area (Å²) in [7, 11) is 1.25. The van der Waals surface area contributed by atoms with Crippen molar-refractivity contribution in [2.24, 2.45) is 5.41 Å². The monoisotopic (exact) mass is 506 g/mol. The van der Waals surface area contributed by atoms with Gasteiger partial charge in [-0.3, -0.25) is 9.59 Å². The highest BCUT2D eigenvalue weighted by molar-refractivity contribution is 5.93. The van der Waals surface area contributed by atoms with Crippen molar-refractivity contribution in [2.75, 3.05) is 13.7 Å². The molecule has 0 radical (unpaired) electrons. The number of carbonyl (C=O) groups excluding carboxylic acids is 4. The van der Waals surface area contributed by atoms with Gasteiger partial charge in [-0.05, 0) is 77.2 Å². The summed E-state index contributed by atoms with van der Waals surface area (Å²) in [5.74, 6) is -1.07. The van der Waals surface area contributed by atoms with Gasteiger partial charge < -0.3 is 25.2 Å². The van der Waals surface area contributed by atoms with E-state index in [1.165, 1.54) is 19.3 Å². The van der Waals surface area contributed by atoms with E-state index in [-0.39, 0.29) is 12.2 Å². The van der Waals surface area contributed by atoms with Crippen molar-refractivity contribution < 1.29 is 33.8 Å². The fourth-order valence-corrected chi connectivity index (χ4v) is 3.95. The van der Waals surface area contributed by atoms with Crippen molar-refractivity contribution in [3.63, 3.8) is 0 Å². The smallest absolute Gasteiger partial charge is 0.407 e. The number of unbranched alkanes of at least 4 members (excludes halogenated alkanes) is 1. The molecule has 9 nitrogen and oxygen atoms in total. The molecule has 0 bridgehead atoms. The molecule has 3 N–H and O–H groups in total. The van der Waals surface area contributed by atoms with E-state index >= 15 is 0 Å². The number of esters is 1. The molecule has 0 fully saturated rings. The first kappa shape index (κ1) is 31.1. The number of ketones is 1. The molecule has 9 heteroatoms. The Bertz CT molecular complexity index is 925. The zero-order valence-corrected chi connectivity index (χ0v) is 22.8. The second kappa shape index (κ2) is 12.9. The lowest BCUT2D eigenvalue weighted by molar-refractivity contribution is -0.144. The van der Waals surface area contributed by atoms with E-state index in [1.54, 1.807) is 46.8 Å². The van der Waals surface area contributed by atoms with E-state index in [0.29, 0.717) is 37.0 Å². The van der Waals surface area contributed by atoms with Crippen LogP contribution in [0.25, 0.3) is 0 Å². The summed E-state index contributed by atoms with van der Waals surface area (Å²) in [6.07, 6.45) is 7.20. The third-order valence-electron chi connectivity index (χ3n) is 5.96. The molecule has 0 saturated heterocycles. The number of ether oxygens (including phenoxy) is 2. The number of alkyl carbamates (subject to hydrolysis) is 1. The molecular weight excluding hydrogens is 464 g/mol. The van der Waals surface area contributed by atoms with E-state index in [2.05, 4.69) is 10.6 Å². The van der Waals surface area contributed by atoms with Gasteiger partial charge in [0, 0.05) is 24.5 Å². The van der Waals surface area contributed by atoms with Crippen molar-refractivity contribution in [1.82, 2.24) is 10.6 Å². The number of amides is 2. The lowest BCUT2D eigenvalue weighted by Gasteiger charge is -2.44. The second-order valence-corrected chi connectivity index (χ2v) is 10.9. The topological polar surface area (TPSA) is 131 Å². The van der Waals surface area contributed by atoms with Crippen molar-refractivity contribution in [3.8, 4) is 0 Å². The number of allylic oxidation sites excluding steroid dienone is 3. The van der Waals surface area contributed by atoms with Crippen LogP contribution in [-0.4, -0.2) is 59.8 Å². The number of nitrogens with one attached hydrogen (secondary N) is 2. The summed E-state index contributed by atoms with van der Waals surface area (Å²) >= 11 is 0. The van der Waals surface area contributed by atoms with Gasteiger partial charge in [-0.1, -0.05) is 19.9 Å². The zero-order chi connectivity index (χ0) is 27.7. The molecule has 0 heterocycles. The number of hydrogen-bond donors (Lipinski definition) is 3. The average Bonchev–Trinajstić information content (AvgIpc) is 2.72. The van der Waals surface area contributed by atoms with Crippen LogP contribution in [0.2, 0.25) is 0 Å². The summed E-state index contributed by atoms with van der Waals surface area (Å²) in [4.78, 5) is 48.3. The first-order chi connectivity index (χ1) is 16.5. The third kappa shape index (κ3) is 9.60. The van der Waals surface area contributed by atoms with Crippen LogP contribution in [0.4, 0.5) is 4.79 Å². The Morgan fingerprint density at radius 3 is 2.42 bits per heavy atom. The minimum absolute atomic E-state index is 0.0308. The van der Waals surface area contributed by atoms with Crippen LogP contribution >= 0.6 is 0 Å². The molecule has 1 aliphatic carbocycles. The van der Waals surface area contributed by atoms with E-state index in [4.69, 9.17) is 9.47 Å². The molecule has 2 amide bonds. The van der Waals surface area contributed by atoms with Crippen LogP contribution in [0, 0.1) is 5.41 Å². The molecule has 1 rings (SSSR count). The minimum atomic E-state index is -1.33. The molecular formula is C27H42N2O7. The van der Waals surface area contributed by atoms with Crippen molar-refractivity contribution in [3.05, 3.63) is 35.5 Å². The molecule has 0 saturated carbocycles. The standard InChI is InChI=1S/C27H42N2O7/c1-18(12-13-27(34)19(2)16-20(30)17-26(27,6)7)15-22(31)29-21(23(32)35-8)11-9-10-14-28-24(33)36-25(3,4)5/h12-13,15-16,21,34H,9-11,14,17H2,1-8H3,(H,28,33)(H,29,31)/b13-12+,18-15-/t21-,27+/m0/s1. The summed E-state index contributed by atoms with van der Waals surface area (Å²) in [5.41, 5.74) is -1.50. The van der Waals surface area contributed by atoms with Gasteiger partial charge in [-0.2, -0.15) is 0 Å². The van der Waals surface area contributed by atoms with Gasteiger partial charge >= 0.3 is 12.1 Å². The van der Waals surface area contributed by atoms with Crippen LogP contribution in [0.5, 0.6) is 0 Å². The normalized spacial score (nSPS) is 21.0. The first-order valence-electron chi connectivity index (χ1n) is 12.2. The summed E-state index contributed by atoms with van der Waals surface area (Å²) < 4.78 is 9.98. The van der Waals surface area contributed by atoms with Crippen molar-refractivity contribution in [2.45, 2.75) is 91.4 Å². The molecule has 202 valence electrons. The minimum Gasteiger partial charge on any atom is -0.467 e. The second-order valence-electron chi connectivity index (χ2n) is 10.9. The van der Waals surface area contributed by atoms with Gasteiger partial charge in [0.05, 0.1) is 7.11 Å². The fourth-order valence-electron chi connectivity index (χ4n) is 3.95. The van der Waals surface area contributed by atoms with Crippen molar-refractivity contribution >= 4 is 23.8 Å². The summed E-state index contributed by atoms with van der Waals surface area (Å²) in [5, 5.41) is 16.5. The van der Waals surface area contributed by atoms with Crippen LogP contribution in [-0.2, 0) is 23.9 Å². The van der Waals surface area contributed by atoms with Gasteiger partial charge in [0.25, 0.3) is 0 Å². The van der Waals surface area contributed by atoms with Gasteiger partial charge in [0.1, 0.15) is 17.2 Å². The van der Waals surface area contributed by atoms with E-state index in [1.807, 2.05) is 13.8 Å². The molecule has 1 aliphatic rings. The predicted molar refractivity (Wildman–Crippen MR) is 137 cm³/mol. The van der Waals surface area contributed by atoms with Gasteiger partial charge in [-0.15, -0.1) is 0 Å². The van der Waals surface area contributed by atoms with Gasteiger partial charge in [-0.25, -0.2) is 9.59 Å². The Labute approximate surface area is 214 Å². The van der Waals surface area contributed by atoms with E-state index in [9.17, 15) is 24.3 Å². The summed E-state index contributed by atoms with van der Waals surface area (Å²) in [6.45, 7) is 12.8.